The van der Waals surface area contributed by atoms with E-state index in [-0.39, 0.29) is 0 Å². The first-order chi connectivity index (χ1) is 7.63. The monoisotopic (exact) mass is 286 g/mol. The summed E-state index contributed by atoms with van der Waals surface area (Å²) < 4.78 is 6.14. The lowest BCUT2D eigenvalue weighted by atomic mass is 10.2. The van der Waals surface area contributed by atoms with Gasteiger partial charge < -0.3 is 9.64 Å². The third-order valence-electron chi connectivity index (χ3n) is 2.21. The number of halogens is 1. The van der Waals surface area contributed by atoms with Crippen molar-refractivity contribution in [2.24, 2.45) is 5.92 Å². The van der Waals surface area contributed by atoms with E-state index < -0.39 is 0 Å². The van der Waals surface area contributed by atoms with Crippen molar-refractivity contribution in [1.29, 1.82) is 0 Å². The molecular weight excluding hydrogens is 268 g/mol. The van der Waals surface area contributed by atoms with Gasteiger partial charge >= 0.3 is 0 Å². The third-order valence-corrected chi connectivity index (χ3v) is 2.64. The molecule has 0 aliphatic heterocycles. The van der Waals surface area contributed by atoms with Crippen LogP contribution in [0.2, 0.25) is 0 Å². The van der Waals surface area contributed by atoms with Gasteiger partial charge in [0, 0.05) is 30.9 Å². The molecule has 0 aliphatic carbocycles. The lowest BCUT2D eigenvalue weighted by Crippen LogP contribution is -2.31. The van der Waals surface area contributed by atoms with Crippen LogP contribution in [0.1, 0.15) is 13.8 Å². The molecule has 0 amide bonds. The second-order valence-corrected chi connectivity index (χ2v) is 5.11. The number of hydrogen-bond acceptors (Lipinski definition) is 3. The molecule has 0 N–H and O–H groups in total. The zero-order valence-electron chi connectivity index (χ0n) is 10.1. The van der Waals surface area contributed by atoms with Gasteiger partial charge in [0.2, 0.25) is 0 Å². The van der Waals surface area contributed by atoms with E-state index in [1.807, 2.05) is 6.20 Å². The van der Waals surface area contributed by atoms with Gasteiger partial charge in [-0.1, -0.05) is 13.8 Å². The maximum absolute atomic E-state index is 5.13. The van der Waals surface area contributed by atoms with Crippen LogP contribution in [0.5, 0.6) is 0 Å². The minimum atomic E-state index is 0.621. The van der Waals surface area contributed by atoms with Crippen LogP contribution in [0, 0.1) is 5.92 Å². The first kappa shape index (κ1) is 13.5. The summed E-state index contributed by atoms with van der Waals surface area (Å²) in [6, 6.07) is 2.09. The molecular formula is C12H19BrN2O. The van der Waals surface area contributed by atoms with E-state index in [0.29, 0.717) is 5.92 Å². The maximum atomic E-state index is 5.13. The summed E-state index contributed by atoms with van der Waals surface area (Å²) in [5.41, 5.74) is 1.14. The highest BCUT2D eigenvalue weighted by Crippen LogP contribution is 2.19. The maximum Gasteiger partial charge on any atom is 0.0637 e. The summed E-state index contributed by atoms with van der Waals surface area (Å²) in [5, 5.41) is 0. The van der Waals surface area contributed by atoms with E-state index in [4.69, 9.17) is 4.74 Å². The Bertz CT molecular complexity index is 318. The minimum Gasteiger partial charge on any atom is -0.383 e. The van der Waals surface area contributed by atoms with E-state index in [2.05, 4.69) is 45.7 Å². The molecule has 0 saturated heterocycles. The van der Waals surface area contributed by atoms with E-state index in [9.17, 15) is 0 Å². The summed E-state index contributed by atoms with van der Waals surface area (Å²) in [6.45, 7) is 7.07. The molecule has 0 atom stereocenters. The predicted octanol–water partition coefficient (Wildman–Crippen LogP) is 2.95. The Hall–Kier alpha value is -0.610. The van der Waals surface area contributed by atoms with E-state index in [1.165, 1.54) is 0 Å². The largest absolute Gasteiger partial charge is 0.383 e. The highest BCUT2D eigenvalue weighted by molar-refractivity contribution is 9.10. The molecule has 0 aromatic carbocycles. The number of methoxy groups -OCH3 is 1. The molecule has 1 aromatic rings. The molecule has 1 heterocycles. The molecule has 0 saturated carbocycles. The van der Waals surface area contributed by atoms with Crippen LogP contribution in [0.25, 0.3) is 0 Å². The second-order valence-electron chi connectivity index (χ2n) is 4.19. The van der Waals surface area contributed by atoms with Gasteiger partial charge in [-0.2, -0.15) is 0 Å². The number of nitrogens with zero attached hydrogens (tertiary/aromatic N) is 2. The number of anilines is 1. The SMILES string of the molecule is COCCN(CC(C)C)c1cncc(Br)c1. The van der Waals surface area contributed by atoms with Crippen molar-refractivity contribution in [2.45, 2.75) is 13.8 Å². The van der Waals surface area contributed by atoms with E-state index >= 15 is 0 Å². The Balaban J connectivity index is 2.74. The summed E-state index contributed by atoms with van der Waals surface area (Å²) in [4.78, 5) is 6.49. The highest BCUT2D eigenvalue weighted by atomic mass is 79.9. The van der Waals surface area contributed by atoms with Crippen molar-refractivity contribution in [1.82, 2.24) is 4.98 Å². The lowest BCUT2D eigenvalue weighted by Gasteiger charge is -2.26. The van der Waals surface area contributed by atoms with E-state index in [1.54, 1.807) is 13.3 Å². The number of aromatic nitrogens is 1. The minimum absolute atomic E-state index is 0.621. The van der Waals surface area contributed by atoms with Crippen molar-refractivity contribution in [3.05, 3.63) is 22.9 Å². The Morgan fingerprint density at radius 1 is 1.44 bits per heavy atom. The Kier molecular flexibility index (Phi) is 5.77. The van der Waals surface area contributed by atoms with Crippen molar-refractivity contribution in [3.63, 3.8) is 0 Å². The van der Waals surface area contributed by atoms with Crippen LogP contribution < -0.4 is 4.90 Å². The number of ether oxygens (including phenoxy) is 1. The zero-order chi connectivity index (χ0) is 12.0. The topological polar surface area (TPSA) is 25.4 Å². The van der Waals surface area contributed by atoms with Gasteiger partial charge in [0.25, 0.3) is 0 Å². The number of hydrogen-bond donors (Lipinski definition) is 0. The average Bonchev–Trinajstić information content (AvgIpc) is 2.23. The zero-order valence-corrected chi connectivity index (χ0v) is 11.7. The van der Waals surface area contributed by atoms with Gasteiger partial charge in [-0.3, -0.25) is 4.98 Å². The van der Waals surface area contributed by atoms with E-state index in [0.717, 1.165) is 29.9 Å². The number of pyridine rings is 1. The molecule has 0 spiro atoms. The molecule has 3 nitrogen and oxygen atoms in total. The van der Waals surface area contributed by atoms with Crippen molar-refractivity contribution < 1.29 is 4.74 Å². The fourth-order valence-electron chi connectivity index (χ4n) is 1.54. The standard InChI is InChI=1S/C12H19BrN2O/c1-10(2)9-15(4-5-16-3)12-6-11(13)7-14-8-12/h6-8,10H,4-5,9H2,1-3H3. The quantitative estimate of drug-likeness (QED) is 0.804. The fourth-order valence-corrected chi connectivity index (χ4v) is 1.89. The molecule has 0 aliphatic rings. The molecule has 90 valence electrons. The molecule has 0 fully saturated rings. The lowest BCUT2D eigenvalue weighted by molar-refractivity contribution is 0.204. The van der Waals surface area contributed by atoms with Crippen LogP contribution in [-0.4, -0.2) is 31.8 Å². The normalized spacial score (nSPS) is 10.8. The third kappa shape index (κ3) is 4.49. The van der Waals surface area contributed by atoms with Crippen molar-refractivity contribution >= 4 is 21.6 Å². The van der Waals surface area contributed by atoms with Gasteiger partial charge in [-0.15, -0.1) is 0 Å². The number of rotatable bonds is 6. The Morgan fingerprint density at radius 2 is 2.19 bits per heavy atom. The summed E-state index contributed by atoms with van der Waals surface area (Å²) >= 11 is 3.44. The van der Waals surface area contributed by atoms with Crippen LogP contribution >= 0.6 is 15.9 Å². The molecule has 0 radical (unpaired) electrons. The van der Waals surface area contributed by atoms with Crippen LogP contribution in [0.3, 0.4) is 0 Å². The first-order valence-corrected chi connectivity index (χ1v) is 6.27. The van der Waals surface area contributed by atoms with Crippen molar-refractivity contribution in [3.8, 4) is 0 Å². The van der Waals surface area contributed by atoms with Crippen LogP contribution in [0.4, 0.5) is 5.69 Å². The van der Waals surface area contributed by atoms with Crippen LogP contribution in [0.15, 0.2) is 22.9 Å². The predicted molar refractivity (Wildman–Crippen MR) is 70.9 cm³/mol. The second kappa shape index (κ2) is 6.86. The van der Waals surface area contributed by atoms with Gasteiger partial charge in [-0.25, -0.2) is 0 Å². The molecule has 16 heavy (non-hydrogen) atoms. The highest BCUT2D eigenvalue weighted by Gasteiger charge is 2.08. The molecule has 4 heteroatoms. The average molecular weight is 287 g/mol. The van der Waals surface area contributed by atoms with Crippen LogP contribution in [-0.2, 0) is 4.74 Å². The molecule has 0 bridgehead atoms. The Labute approximate surface area is 106 Å². The van der Waals surface area contributed by atoms with Gasteiger partial charge in [-0.05, 0) is 27.9 Å². The summed E-state index contributed by atoms with van der Waals surface area (Å²) in [5.74, 6) is 0.621. The van der Waals surface area contributed by atoms with Crippen molar-refractivity contribution in [2.75, 3.05) is 31.7 Å². The van der Waals surface area contributed by atoms with Gasteiger partial charge in [0.1, 0.15) is 0 Å². The van der Waals surface area contributed by atoms with Gasteiger partial charge in [0.15, 0.2) is 0 Å². The summed E-state index contributed by atoms with van der Waals surface area (Å²) in [7, 11) is 1.73. The molecule has 1 aromatic heterocycles. The molecule has 0 unspecified atom stereocenters. The fraction of sp³-hybridized carbons (Fsp3) is 0.583. The Morgan fingerprint density at radius 3 is 2.75 bits per heavy atom. The summed E-state index contributed by atoms with van der Waals surface area (Å²) in [6.07, 6.45) is 3.69. The van der Waals surface area contributed by atoms with Gasteiger partial charge in [0.05, 0.1) is 18.5 Å². The molecule has 1 rings (SSSR count). The first-order valence-electron chi connectivity index (χ1n) is 5.48. The smallest absolute Gasteiger partial charge is 0.0637 e.